The molecule has 0 spiro atoms. The highest BCUT2D eigenvalue weighted by molar-refractivity contribution is 7.85. The maximum absolute atomic E-state index is 11.0. The van der Waals surface area contributed by atoms with Crippen LogP contribution in [0.25, 0.3) is 0 Å². The molecule has 0 radical (unpaired) electrons. The Morgan fingerprint density at radius 3 is 2.13 bits per heavy atom. The number of rotatable bonds is 11. The van der Waals surface area contributed by atoms with Crippen LogP contribution in [0, 0.1) is 0 Å². The quantitative estimate of drug-likeness (QED) is 0.463. The summed E-state index contributed by atoms with van der Waals surface area (Å²) >= 11 is 0. The van der Waals surface area contributed by atoms with E-state index in [0.717, 1.165) is 50.5 Å². The summed E-state index contributed by atoms with van der Waals surface area (Å²) in [6.07, 6.45) is 7.15. The van der Waals surface area contributed by atoms with Gasteiger partial charge in [-0.1, -0.05) is 44.7 Å². The molecule has 2 N–H and O–H groups in total. The Morgan fingerprint density at radius 1 is 1.04 bits per heavy atom. The largest absolute Gasteiger partial charge is 0.481 e. The van der Waals surface area contributed by atoms with Gasteiger partial charge in [-0.2, -0.15) is 8.42 Å². The first-order chi connectivity index (χ1) is 10.8. The van der Waals surface area contributed by atoms with Crippen molar-refractivity contribution in [1.29, 1.82) is 0 Å². The predicted octanol–water partition coefficient (Wildman–Crippen LogP) is 4.24. The van der Waals surface area contributed by atoms with Crippen molar-refractivity contribution in [3.63, 3.8) is 0 Å². The summed E-state index contributed by atoms with van der Waals surface area (Å²) in [5, 5.41) is 8.56. The summed E-state index contributed by atoms with van der Waals surface area (Å²) < 4.78 is 31.1. The molecule has 0 saturated heterocycles. The van der Waals surface area contributed by atoms with E-state index >= 15 is 0 Å². The third kappa shape index (κ3) is 7.61. The first kappa shape index (κ1) is 19.6. The van der Waals surface area contributed by atoms with E-state index in [1.807, 2.05) is 0 Å². The molecular formula is C17H26O5S. The topological polar surface area (TPSA) is 91.7 Å². The standard InChI is InChI=1S/C17H26O5S/c1-2-14(8-6-4-3-5-7-9-17(18)19)15-10-12-16(13-11-15)23(20,21)22/h10-14H,2-9H2,1H3,(H,18,19)(H,20,21,22). The lowest BCUT2D eigenvalue weighted by atomic mass is 9.91. The number of hydrogen-bond acceptors (Lipinski definition) is 3. The SMILES string of the molecule is CCC(CCCCCCCC(=O)O)c1ccc(S(=O)(=O)O)cc1. The number of unbranched alkanes of at least 4 members (excludes halogenated alkanes) is 4. The highest BCUT2D eigenvalue weighted by Gasteiger charge is 2.12. The second-order valence-corrected chi connectivity index (χ2v) is 7.27. The third-order valence-electron chi connectivity index (χ3n) is 4.09. The summed E-state index contributed by atoms with van der Waals surface area (Å²) in [6.45, 7) is 2.11. The van der Waals surface area contributed by atoms with E-state index in [0.29, 0.717) is 5.92 Å². The number of carboxylic acid groups (broad SMARTS) is 1. The second-order valence-electron chi connectivity index (χ2n) is 5.85. The van der Waals surface area contributed by atoms with Gasteiger partial charge in [-0.05, 0) is 42.9 Å². The molecule has 130 valence electrons. The van der Waals surface area contributed by atoms with Crippen LogP contribution in [0.2, 0.25) is 0 Å². The highest BCUT2D eigenvalue weighted by atomic mass is 32.2. The Morgan fingerprint density at radius 2 is 1.61 bits per heavy atom. The zero-order chi connectivity index (χ0) is 17.3. The maximum atomic E-state index is 11.0. The lowest BCUT2D eigenvalue weighted by Crippen LogP contribution is -2.01. The molecule has 0 aromatic heterocycles. The van der Waals surface area contributed by atoms with Crippen molar-refractivity contribution in [2.24, 2.45) is 0 Å². The van der Waals surface area contributed by atoms with Gasteiger partial charge in [0.2, 0.25) is 0 Å². The lowest BCUT2D eigenvalue weighted by molar-refractivity contribution is -0.137. The van der Waals surface area contributed by atoms with Gasteiger partial charge in [0, 0.05) is 6.42 Å². The monoisotopic (exact) mass is 342 g/mol. The molecule has 1 aromatic carbocycles. The molecule has 0 aliphatic heterocycles. The Kier molecular flexibility index (Phi) is 8.26. The zero-order valence-corrected chi connectivity index (χ0v) is 14.4. The van der Waals surface area contributed by atoms with Gasteiger partial charge < -0.3 is 5.11 Å². The molecule has 0 heterocycles. The minimum Gasteiger partial charge on any atom is -0.481 e. The van der Waals surface area contributed by atoms with Gasteiger partial charge in [0.05, 0.1) is 4.90 Å². The van der Waals surface area contributed by atoms with Crippen molar-refractivity contribution in [1.82, 2.24) is 0 Å². The van der Waals surface area contributed by atoms with Crippen LogP contribution in [-0.2, 0) is 14.9 Å². The van der Waals surface area contributed by atoms with E-state index in [4.69, 9.17) is 9.66 Å². The van der Waals surface area contributed by atoms with Gasteiger partial charge in [0.1, 0.15) is 0 Å². The molecule has 6 heteroatoms. The molecule has 0 saturated carbocycles. The Bertz CT molecular complexity index is 578. The fourth-order valence-electron chi connectivity index (χ4n) is 2.72. The molecule has 0 aliphatic carbocycles. The van der Waals surface area contributed by atoms with Crippen molar-refractivity contribution >= 4 is 16.1 Å². The molecule has 1 aromatic rings. The number of hydrogen-bond donors (Lipinski definition) is 2. The normalized spacial score (nSPS) is 13.0. The van der Waals surface area contributed by atoms with Crippen LogP contribution in [-0.4, -0.2) is 24.0 Å². The molecule has 0 fully saturated rings. The first-order valence-electron chi connectivity index (χ1n) is 8.13. The molecule has 0 aliphatic rings. The molecule has 5 nitrogen and oxygen atoms in total. The van der Waals surface area contributed by atoms with Crippen molar-refractivity contribution < 1.29 is 22.9 Å². The average molecular weight is 342 g/mol. The molecule has 0 amide bonds. The van der Waals surface area contributed by atoms with Gasteiger partial charge in [-0.15, -0.1) is 0 Å². The van der Waals surface area contributed by atoms with Gasteiger partial charge in [0.15, 0.2) is 0 Å². The van der Waals surface area contributed by atoms with Crippen LogP contribution in [0.15, 0.2) is 29.2 Å². The lowest BCUT2D eigenvalue weighted by Gasteiger charge is -2.15. The highest BCUT2D eigenvalue weighted by Crippen LogP contribution is 2.27. The maximum Gasteiger partial charge on any atom is 0.303 e. The van der Waals surface area contributed by atoms with Crippen molar-refractivity contribution in [3.05, 3.63) is 29.8 Å². The van der Waals surface area contributed by atoms with E-state index in [1.165, 1.54) is 12.1 Å². The van der Waals surface area contributed by atoms with Crippen LogP contribution in [0.3, 0.4) is 0 Å². The van der Waals surface area contributed by atoms with Crippen LogP contribution in [0.4, 0.5) is 0 Å². The molecule has 0 bridgehead atoms. The number of carbonyl (C=O) groups is 1. The second kappa shape index (κ2) is 9.67. The minimum atomic E-state index is -4.13. The number of benzene rings is 1. The van der Waals surface area contributed by atoms with Crippen LogP contribution < -0.4 is 0 Å². The van der Waals surface area contributed by atoms with Gasteiger partial charge >= 0.3 is 5.97 Å². The van der Waals surface area contributed by atoms with E-state index in [9.17, 15) is 13.2 Å². The molecule has 1 unspecified atom stereocenters. The van der Waals surface area contributed by atoms with E-state index in [2.05, 4.69) is 6.92 Å². The van der Waals surface area contributed by atoms with Crippen LogP contribution >= 0.6 is 0 Å². The molecule has 1 atom stereocenters. The van der Waals surface area contributed by atoms with Gasteiger partial charge in [-0.25, -0.2) is 0 Å². The minimum absolute atomic E-state index is 0.0745. The third-order valence-corrected chi connectivity index (χ3v) is 4.95. The Hall–Kier alpha value is -1.40. The molecule has 23 heavy (non-hydrogen) atoms. The Labute approximate surface area is 138 Å². The smallest absolute Gasteiger partial charge is 0.303 e. The summed E-state index contributed by atoms with van der Waals surface area (Å²) in [5.41, 5.74) is 1.09. The van der Waals surface area contributed by atoms with Crippen molar-refractivity contribution in [2.45, 2.75) is 69.1 Å². The van der Waals surface area contributed by atoms with Crippen LogP contribution in [0.1, 0.15) is 69.8 Å². The fourth-order valence-corrected chi connectivity index (χ4v) is 3.20. The Balaban J connectivity index is 2.38. The summed E-state index contributed by atoms with van der Waals surface area (Å²) in [6, 6.07) is 6.42. The first-order valence-corrected chi connectivity index (χ1v) is 9.58. The predicted molar refractivity (Wildman–Crippen MR) is 89.2 cm³/mol. The zero-order valence-electron chi connectivity index (χ0n) is 13.6. The molecule has 1 rings (SSSR count). The summed E-state index contributed by atoms with van der Waals surface area (Å²) in [5.74, 6) is -0.353. The summed E-state index contributed by atoms with van der Waals surface area (Å²) in [7, 11) is -4.13. The van der Waals surface area contributed by atoms with Crippen molar-refractivity contribution in [3.8, 4) is 0 Å². The number of carboxylic acids is 1. The van der Waals surface area contributed by atoms with E-state index < -0.39 is 16.1 Å². The van der Waals surface area contributed by atoms with Crippen LogP contribution in [0.5, 0.6) is 0 Å². The van der Waals surface area contributed by atoms with E-state index in [-0.39, 0.29) is 11.3 Å². The van der Waals surface area contributed by atoms with Crippen molar-refractivity contribution in [2.75, 3.05) is 0 Å². The van der Waals surface area contributed by atoms with Gasteiger partial charge in [-0.3, -0.25) is 9.35 Å². The number of aliphatic carboxylic acids is 1. The van der Waals surface area contributed by atoms with Gasteiger partial charge in [0.25, 0.3) is 10.1 Å². The molecular weight excluding hydrogens is 316 g/mol. The summed E-state index contributed by atoms with van der Waals surface area (Å²) in [4.78, 5) is 10.3. The fraction of sp³-hybridized carbons (Fsp3) is 0.588. The average Bonchev–Trinajstić information content (AvgIpc) is 2.49. The van der Waals surface area contributed by atoms with E-state index in [1.54, 1.807) is 12.1 Å².